The fourth-order valence-electron chi connectivity index (χ4n) is 2.04. The molecular weight excluding hydrogens is 415 g/mol. The van der Waals surface area contributed by atoms with E-state index < -0.39 is 29.2 Å². The highest BCUT2D eigenvalue weighted by Crippen LogP contribution is 2.31. The molecule has 8 nitrogen and oxygen atoms in total. The number of aliphatic carboxylic acids is 1. The molecule has 0 heterocycles. The van der Waals surface area contributed by atoms with Crippen molar-refractivity contribution >= 4 is 39.2 Å². The number of nitrogens with one attached hydrogen (secondary N) is 1. The molecule has 0 aromatic heterocycles. The molecule has 136 valence electrons. The molecule has 0 atom stereocenters. The van der Waals surface area contributed by atoms with E-state index in [2.05, 4.69) is 21.2 Å². The number of non-ortho nitro benzene ring substituents is 1. The van der Waals surface area contributed by atoms with Gasteiger partial charge in [-0.15, -0.1) is 0 Å². The van der Waals surface area contributed by atoms with Crippen molar-refractivity contribution in [2.75, 3.05) is 11.9 Å². The summed E-state index contributed by atoms with van der Waals surface area (Å²) in [6.07, 6.45) is -0.172. The first-order chi connectivity index (χ1) is 12.3. The third-order valence-corrected chi connectivity index (χ3v) is 3.74. The fraction of sp³-hybridized carbons (Fsp3) is 0.125. The number of anilines is 1. The second-order valence-electron chi connectivity index (χ2n) is 5.10. The second kappa shape index (κ2) is 8.39. The molecule has 2 aromatic rings. The zero-order valence-corrected chi connectivity index (χ0v) is 14.7. The third kappa shape index (κ3) is 5.24. The topological polar surface area (TPSA) is 119 Å². The number of benzene rings is 2. The van der Waals surface area contributed by atoms with E-state index in [1.54, 1.807) is 6.07 Å². The van der Waals surface area contributed by atoms with Crippen molar-refractivity contribution in [3.05, 3.63) is 62.4 Å². The molecule has 0 fully saturated rings. The van der Waals surface area contributed by atoms with E-state index in [4.69, 9.17) is 9.84 Å². The van der Waals surface area contributed by atoms with Crippen molar-refractivity contribution in [1.82, 2.24) is 0 Å². The number of hydrogen-bond acceptors (Lipinski definition) is 5. The van der Waals surface area contributed by atoms with E-state index in [0.29, 0.717) is 5.56 Å². The number of hydrogen-bond donors (Lipinski definition) is 2. The molecular formula is C16H12BrFN2O6. The van der Waals surface area contributed by atoms with Crippen LogP contribution in [0.15, 0.2) is 40.9 Å². The first-order valence-corrected chi connectivity index (χ1v) is 7.92. The lowest BCUT2D eigenvalue weighted by molar-refractivity contribution is -0.384. The molecule has 26 heavy (non-hydrogen) atoms. The van der Waals surface area contributed by atoms with Crippen LogP contribution < -0.4 is 10.1 Å². The van der Waals surface area contributed by atoms with Gasteiger partial charge in [0.15, 0.2) is 6.61 Å². The molecule has 2 N–H and O–H groups in total. The van der Waals surface area contributed by atoms with Gasteiger partial charge in [0.2, 0.25) is 5.91 Å². The molecule has 0 unspecified atom stereocenters. The van der Waals surface area contributed by atoms with Crippen LogP contribution in [0.1, 0.15) is 5.56 Å². The number of ether oxygens (including phenoxy) is 1. The quantitative estimate of drug-likeness (QED) is 0.518. The number of rotatable bonds is 7. The summed E-state index contributed by atoms with van der Waals surface area (Å²) in [6.45, 7) is -0.713. The lowest BCUT2D eigenvalue weighted by atomic mass is 10.1. The summed E-state index contributed by atoms with van der Waals surface area (Å²) >= 11 is 2.97. The summed E-state index contributed by atoms with van der Waals surface area (Å²) in [5.41, 5.74) is 0.325. The summed E-state index contributed by atoms with van der Waals surface area (Å²) in [5.74, 6) is -2.64. The highest BCUT2D eigenvalue weighted by molar-refractivity contribution is 9.10. The Morgan fingerprint density at radius 3 is 2.69 bits per heavy atom. The molecule has 10 heteroatoms. The first kappa shape index (κ1) is 19.3. The Labute approximate surface area is 154 Å². The van der Waals surface area contributed by atoms with E-state index in [1.165, 1.54) is 24.3 Å². The lowest BCUT2D eigenvalue weighted by Crippen LogP contribution is -2.17. The van der Waals surface area contributed by atoms with E-state index in [0.717, 1.165) is 6.07 Å². The van der Waals surface area contributed by atoms with Crippen LogP contribution in [0.4, 0.5) is 15.8 Å². The standard InChI is InChI=1S/C16H12BrFN2O6/c17-11-6-13(14(7-12(11)18)26-8-16(22)23)19-15(21)5-9-2-1-3-10(4-9)20(24)25/h1-4,6-7H,5,8H2,(H,19,21)(H,22,23). The molecule has 2 aromatic carbocycles. The van der Waals surface area contributed by atoms with Gasteiger partial charge >= 0.3 is 5.97 Å². The highest BCUT2D eigenvalue weighted by Gasteiger charge is 2.15. The van der Waals surface area contributed by atoms with Crippen molar-refractivity contribution in [3.63, 3.8) is 0 Å². The number of nitro groups is 1. The summed E-state index contributed by atoms with van der Waals surface area (Å²) in [6, 6.07) is 7.75. The number of nitro benzene ring substituents is 1. The minimum atomic E-state index is -1.26. The van der Waals surface area contributed by atoms with Gasteiger partial charge in [-0.1, -0.05) is 12.1 Å². The van der Waals surface area contributed by atoms with Gasteiger partial charge in [-0.2, -0.15) is 0 Å². The van der Waals surface area contributed by atoms with Crippen LogP contribution in [0.5, 0.6) is 5.75 Å². The lowest BCUT2D eigenvalue weighted by Gasteiger charge is -2.12. The van der Waals surface area contributed by atoms with E-state index in [1.807, 2.05) is 0 Å². The van der Waals surface area contributed by atoms with Crippen LogP contribution in [0.25, 0.3) is 0 Å². The first-order valence-electron chi connectivity index (χ1n) is 7.13. The van der Waals surface area contributed by atoms with Crippen molar-refractivity contribution in [3.8, 4) is 5.75 Å². The van der Waals surface area contributed by atoms with Gasteiger partial charge in [0.25, 0.3) is 5.69 Å². The molecule has 0 spiro atoms. The predicted molar refractivity (Wildman–Crippen MR) is 92.7 cm³/mol. The van der Waals surface area contributed by atoms with Gasteiger partial charge in [-0.25, -0.2) is 9.18 Å². The third-order valence-electron chi connectivity index (χ3n) is 3.13. The van der Waals surface area contributed by atoms with Crippen molar-refractivity contribution < 1.29 is 28.7 Å². The maximum atomic E-state index is 13.6. The number of carbonyl (C=O) groups is 2. The molecule has 0 saturated carbocycles. The number of amides is 1. The average molecular weight is 427 g/mol. The number of carbonyl (C=O) groups excluding carboxylic acids is 1. The molecule has 0 saturated heterocycles. The Balaban J connectivity index is 2.17. The zero-order chi connectivity index (χ0) is 19.3. The minimum absolute atomic E-state index is 0.0471. The predicted octanol–water partition coefficient (Wildman–Crippen LogP) is 3.14. The summed E-state index contributed by atoms with van der Waals surface area (Å²) < 4.78 is 18.7. The normalized spacial score (nSPS) is 10.2. The van der Waals surface area contributed by atoms with Gasteiger partial charge in [0.05, 0.1) is 21.5 Å². The molecule has 1 amide bonds. The van der Waals surface area contributed by atoms with Gasteiger partial charge < -0.3 is 15.2 Å². The van der Waals surface area contributed by atoms with Crippen molar-refractivity contribution in [1.29, 1.82) is 0 Å². The van der Waals surface area contributed by atoms with Gasteiger partial charge in [-0.05, 0) is 27.6 Å². The smallest absolute Gasteiger partial charge is 0.341 e. The van der Waals surface area contributed by atoms with Gasteiger partial charge in [0.1, 0.15) is 11.6 Å². The molecule has 0 aliphatic carbocycles. The Kier molecular flexibility index (Phi) is 6.23. The van der Waals surface area contributed by atoms with Crippen LogP contribution in [-0.2, 0) is 16.0 Å². The van der Waals surface area contributed by atoms with E-state index >= 15 is 0 Å². The average Bonchev–Trinajstić information content (AvgIpc) is 2.56. The van der Waals surface area contributed by atoms with Crippen LogP contribution in [0.2, 0.25) is 0 Å². The molecule has 0 bridgehead atoms. The Hall–Kier alpha value is -3.01. The number of carboxylic acids is 1. The second-order valence-corrected chi connectivity index (χ2v) is 5.95. The van der Waals surface area contributed by atoms with Crippen LogP contribution in [-0.4, -0.2) is 28.5 Å². The number of halogens is 2. The molecule has 0 aliphatic heterocycles. The Morgan fingerprint density at radius 2 is 2.04 bits per heavy atom. The summed E-state index contributed by atoms with van der Waals surface area (Å²) in [5, 5.41) is 21.9. The maximum Gasteiger partial charge on any atom is 0.341 e. The van der Waals surface area contributed by atoms with Crippen LogP contribution in [0, 0.1) is 15.9 Å². The van der Waals surface area contributed by atoms with Gasteiger partial charge in [-0.3, -0.25) is 14.9 Å². The van der Waals surface area contributed by atoms with Crippen LogP contribution >= 0.6 is 15.9 Å². The summed E-state index contributed by atoms with van der Waals surface area (Å²) in [4.78, 5) is 33.0. The Morgan fingerprint density at radius 1 is 1.31 bits per heavy atom. The van der Waals surface area contributed by atoms with Gasteiger partial charge in [0, 0.05) is 18.2 Å². The van der Waals surface area contributed by atoms with Crippen LogP contribution in [0.3, 0.4) is 0 Å². The van der Waals surface area contributed by atoms with Crippen molar-refractivity contribution in [2.45, 2.75) is 6.42 Å². The maximum absolute atomic E-state index is 13.6. The van der Waals surface area contributed by atoms with E-state index in [-0.39, 0.29) is 28.0 Å². The minimum Gasteiger partial charge on any atom is -0.480 e. The number of carboxylic acid groups (broad SMARTS) is 1. The highest BCUT2D eigenvalue weighted by atomic mass is 79.9. The van der Waals surface area contributed by atoms with E-state index in [9.17, 15) is 24.1 Å². The Bertz CT molecular complexity index is 874. The largest absolute Gasteiger partial charge is 0.480 e. The number of nitrogens with zero attached hydrogens (tertiary/aromatic N) is 1. The van der Waals surface area contributed by atoms with Crippen molar-refractivity contribution in [2.24, 2.45) is 0 Å². The molecule has 0 aliphatic rings. The molecule has 2 rings (SSSR count). The SMILES string of the molecule is O=C(O)COc1cc(F)c(Br)cc1NC(=O)Cc1cccc([N+](=O)[O-])c1. The monoisotopic (exact) mass is 426 g/mol. The fourth-order valence-corrected chi connectivity index (χ4v) is 2.39. The zero-order valence-electron chi connectivity index (χ0n) is 13.1. The summed E-state index contributed by atoms with van der Waals surface area (Å²) in [7, 11) is 0. The molecule has 0 radical (unpaired) electrons.